The predicted octanol–water partition coefficient (Wildman–Crippen LogP) is 4.65. The van der Waals surface area contributed by atoms with Gasteiger partial charge in [-0.25, -0.2) is 9.97 Å². The number of H-pyrrole nitrogens is 2. The second-order valence-corrected chi connectivity index (χ2v) is 5.91. The summed E-state index contributed by atoms with van der Waals surface area (Å²) in [5, 5.41) is 0. The number of hydrogen-bond acceptors (Lipinski definition) is 2. The molecule has 3 aromatic rings. The number of aromatic nitrogens is 4. The largest absolute Gasteiger partial charge is 4.00 e. The number of hydrogen-bond donors (Lipinski definition) is 2. The molecular formula is C20H14N4Pt+4. The first-order valence-corrected chi connectivity index (χ1v) is 7.85. The quantitative estimate of drug-likeness (QED) is 0.322. The van der Waals surface area contributed by atoms with Gasteiger partial charge in [-0.3, -0.25) is 0 Å². The van der Waals surface area contributed by atoms with Crippen molar-refractivity contribution in [1.29, 1.82) is 0 Å². The maximum atomic E-state index is 4.62. The van der Waals surface area contributed by atoms with Gasteiger partial charge in [0.2, 0.25) is 0 Å². The molecule has 0 radical (unpaired) electrons. The average molecular weight is 505 g/mol. The Bertz CT molecular complexity index is 1080. The molecule has 2 aliphatic heterocycles. The normalized spacial score (nSPS) is 12.2. The summed E-state index contributed by atoms with van der Waals surface area (Å²) in [5.41, 5.74) is 7.86. The van der Waals surface area contributed by atoms with Crippen LogP contribution >= 0.6 is 0 Å². The zero-order chi connectivity index (χ0) is 15.9. The van der Waals surface area contributed by atoms with E-state index in [4.69, 9.17) is 0 Å². The summed E-state index contributed by atoms with van der Waals surface area (Å²) in [4.78, 5) is 16.0. The van der Waals surface area contributed by atoms with Crippen LogP contribution in [0.25, 0.3) is 46.4 Å². The van der Waals surface area contributed by atoms with Crippen LogP contribution in [0.4, 0.5) is 0 Å². The van der Waals surface area contributed by atoms with Gasteiger partial charge in [0.15, 0.2) is 0 Å². The van der Waals surface area contributed by atoms with Gasteiger partial charge < -0.3 is 9.97 Å². The summed E-state index contributed by atoms with van der Waals surface area (Å²) in [6.07, 6.45) is 8.05. The molecule has 0 spiro atoms. The van der Waals surface area contributed by atoms with E-state index in [1.807, 2.05) is 42.5 Å². The number of rotatable bonds is 0. The summed E-state index contributed by atoms with van der Waals surface area (Å²) in [6, 6.07) is 16.4. The molecule has 0 saturated heterocycles. The van der Waals surface area contributed by atoms with Crippen molar-refractivity contribution in [3.8, 4) is 0 Å². The van der Waals surface area contributed by atoms with Crippen molar-refractivity contribution in [2.75, 3.05) is 0 Å². The Morgan fingerprint density at radius 2 is 0.840 bits per heavy atom. The van der Waals surface area contributed by atoms with Gasteiger partial charge in [-0.2, -0.15) is 0 Å². The minimum atomic E-state index is 0. The molecule has 0 amide bonds. The summed E-state index contributed by atoms with van der Waals surface area (Å²) >= 11 is 0. The molecule has 0 aliphatic carbocycles. The number of nitrogens with zero attached hydrogens (tertiary/aromatic N) is 2. The Hall–Kier alpha value is -2.71. The van der Waals surface area contributed by atoms with Gasteiger partial charge in [0.1, 0.15) is 0 Å². The van der Waals surface area contributed by atoms with E-state index in [0.29, 0.717) is 0 Å². The van der Waals surface area contributed by atoms with E-state index in [2.05, 4.69) is 50.3 Å². The molecule has 120 valence electrons. The zero-order valence-electron chi connectivity index (χ0n) is 13.1. The Morgan fingerprint density at radius 1 is 0.480 bits per heavy atom. The minimum Gasteiger partial charge on any atom is -0.355 e. The van der Waals surface area contributed by atoms with Crippen LogP contribution in [0, 0.1) is 0 Å². The first-order valence-electron chi connectivity index (χ1n) is 7.85. The molecule has 3 aromatic heterocycles. The van der Waals surface area contributed by atoms with Crippen molar-refractivity contribution < 1.29 is 21.1 Å². The third-order valence-electron chi connectivity index (χ3n) is 4.04. The molecule has 4 nitrogen and oxygen atoms in total. The van der Waals surface area contributed by atoms with Gasteiger partial charge in [0, 0.05) is 22.1 Å². The first-order chi connectivity index (χ1) is 11.8. The number of nitrogens with one attached hydrogen (secondary N) is 2. The fourth-order valence-corrected chi connectivity index (χ4v) is 2.94. The van der Waals surface area contributed by atoms with E-state index in [1.165, 1.54) is 0 Å². The van der Waals surface area contributed by atoms with Crippen LogP contribution in [-0.4, -0.2) is 19.9 Å². The van der Waals surface area contributed by atoms with E-state index in [0.717, 1.165) is 44.8 Å². The molecule has 0 aromatic carbocycles. The van der Waals surface area contributed by atoms with Gasteiger partial charge >= 0.3 is 21.1 Å². The number of aromatic amines is 2. The molecule has 5 rings (SSSR count). The fraction of sp³-hybridized carbons (Fsp3) is 0. The van der Waals surface area contributed by atoms with Gasteiger partial charge in [-0.1, -0.05) is 0 Å². The Balaban J connectivity index is 0.00000157. The third-order valence-corrected chi connectivity index (χ3v) is 4.04. The van der Waals surface area contributed by atoms with Gasteiger partial charge in [-0.05, 0) is 72.8 Å². The standard InChI is InChI=1S/C20H14N4.Pt/c1-2-14-10-16-5-6-18(23-16)12-20-8-7-19(24-20)11-17-4-3-15(22-17)9-13(1)21-14;/h1-12,21-22H;/q;+4. The second-order valence-electron chi connectivity index (χ2n) is 5.91. The third kappa shape index (κ3) is 3.26. The maximum Gasteiger partial charge on any atom is 4.00 e. The van der Waals surface area contributed by atoms with Crippen molar-refractivity contribution in [3.05, 3.63) is 71.3 Å². The molecule has 25 heavy (non-hydrogen) atoms. The maximum absolute atomic E-state index is 4.62. The van der Waals surface area contributed by atoms with Crippen molar-refractivity contribution in [3.63, 3.8) is 0 Å². The van der Waals surface area contributed by atoms with Crippen LogP contribution in [0.1, 0.15) is 22.8 Å². The van der Waals surface area contributed by atoms with Gasteiger partial charge in [0.05, 0.1) is 22.8 Å². The summed E-state index contributed by atoms with van der Waals surface area (Å²) in [7, 11) is 0. The summed E-state index contributed by atoms with van der Waals surface area (Å²) in [5.74, 6) is 0. The van der Waals surface area contributed by atoms with Gasteiger partial charge in [0.25, 0.3) is 0 Å². The van der Waals surface area contributed by atoms with Crippen LogP contribution in [0.3, 0.4) is 0 Å². The Labute approximate surface area is 158 Å². The molecule has 5 heteroatoms. The molecule has 0 atom stereocenters. The van der Waals surface area contributed by atoms with Crippen LogP contribution in [0.2, 0.25) is 0 Å². The molecule has 0 fully saturated rings. The number of fused-ring (bicyclic) bond motifs is 8. The van der Waals surface area contributed by atoms with Crippen LogP contribution in [0.5, 0.6) is 0 Å². The average Bonchev–Trinajstić information content (AvgIpc) is 3.32. The molecule has 2 N–H and O–H groups in total. The van der Waals surface area contributed by atoms with Gasteiger partial charge in [-0.15, -0.1) is 0 Å². The topological polar surface area (TPSA) is 57.4 Å². The van der Waals surface area contributed by atoms with Crippen molar-refractivity contribution in [2.45, 2.75) is 0 Å². The Kier molecular flexibility index (Phi) is 3.98. The molecule has 0 unspecified atom stereocenters. The van der Waals surface area contributed by atoms with Crippen LogP contribution in [-0.2, 0) is 21.1 Å². The monoisotopic (exact) mass is 505 g/mol. The summed E-state index contributed by atoms with van der Waals surface area (Å²) < 4.78 is 0. The van der Waals surface area contributed by atoms with E-state index in [-0.39, 0.29) is 21.1 Å². The van der Waals surface area contributed by atoms with E-state index in [1.54, 1.807) is 0 Å². The molecule has 0 saturated carbocycles. The molecule has 5 heterocycles. The fourth-order valence-electron chi connectivity index (χ4n) is 2.94. The van der Waals surface area contributed by atoms with Crippen LogP contribution < -0.4 is 0 Å². The minimum absolute atomic E-state index is 0. The molecule has 8 bridgehead atoms. The Morgan fingerprint density at radius 3 is 1.28 bits per heavy atom. The van der Waals surface area contributed by atoms with E-state index < -0.39 is 0 Å². The van der Waals surface area contributed by atoms with Crippen molar-refractivity contribution >= 4 is 46.4 Å². The van der Waals surface area contributed by atoms with Crippen molar-refractivity contribution in [1.82, 2.24) is 19.9 Å². The molecular weight excluding hydrogens is 491 g/mol. The van der Waals surface area contributed by atoms with Crippen LogP contribution in [0.15, 0.2) is 48.5 Å². The second kappa shape index (κ2) is 6.30. The smallest absolute Gasteiger partial charge is 0.355 e. The van der Waals surface area contributed by atoms with E-state index >= 15 is 0 Å². The molecule has 2 aliphatic rings. The SMILES string of the molecule is C1=Cc2cc3ccc(cc4ccc(cc5nc(cc1n2)C=C5)[nH]4)[nH]3.[Pt+4]. The predicted molar refractivity (Wildman–Crippen MR) is 98.9 cm³/mol. The van der Waals surface area contributed by atoms with E-state index in [9.17, 15) is 0 Å². The zero-order valence-corrected chi connectivity index (χ0v) is 15.4. The first kappa shape index (κ1) is 15.8. The summed E-state index contributed by atoms with van der Waals surface area (Å²) in [6.45, 7) is 0. The van der Waals surface area contributed by atoms with Crippen molar-refractivity contribution in [2.24, 2.45) is 0 Å².